The molecule has 0 saturated heterocycles. The highest BCUT2D eigenvalue weighted by molar-refractivity contribution is 7.07. The summed E-state index contributed by atoms with van der Waals surface area (Å²) in [5, 5.41) is 16.9. The number of aromatic nitrogens is 2. The van der Waals surface area contributed by atoms with Crippen LogP contribution in [-0.4, -0.2) is 27.1 Å². The number of aliphatic hydroxyl groups is 1. The summed E-state index contributed by atoms with van der Waals surface area (Å²) in [6.45, 7) is 0.400. The topological polar surface area (TPSA) is 84.2 Å². The zero-order chi connectivity index (χ0) is 16.9. The van der Waals surface area contributed by atoms with E-state index in [1.807, 2.05) is 22.9 Å². The van der Waals surface area contributed by atoms with Crippen molar-refractivity contribution in [3.8, 4) is 0 Å². The molecule has 3 rings (SSSR count). The van der Waals surface area contributed by atoms with Crippen molar-refractivity contribution in [2.24, 2.45) is 0 Å². The maximum absolute atomic E-state index is 12.3. The van der Waals surface area contributed by atoms with Gasteiger partial charge < -0.3 is 10.4 Å². The van der Waals surface area contributed by atoms with E-state index in [4.69, 9.17) is 0 Å². The number of aryl methyl sites for hydroxylation is 1. The van der Waals surface area contributed by atoms with Gasteiger partial charge in [0.15, 0.2) is 0 Å². The summed E-state index contributed by atoms with van der Waals surface area (Å²) in [5.41, 5.74) is 1.27. The normalized spacial score (nSPS) is 12.2. The fourth-order valence-electron chi connectivity index (χ4n) is 2.37. The van der Waals surface area contributed by atoms with Crippen LogP contribution in [0.25, 0.3) is 10.9 Å². The highest BCUT2D eigenvalue weighted by atomic mass is 32.1. The first-order chi connectivity index (χ1) is 11.6. The molecule has 24 heavy (non-hydrogen) atoms. The van der Waals surface area contributed by atoms with Gasteiger partial charge in [0.2, 0.25) is 5.91 Å². The Morgan fingerprint density at radius 1 is 1.33 bits per heavy atom. The Kier molecular flexibility index (Phi) is 5.02. The highest BCUT2D eigenvalue weighted by Gasteiger charge is 2.10. The lowest BCUT2D eigenvalue weighted by atomic mass is 10.2. The van der Waals surface area contributed by atoms with E-state index in [9.17, 15) is 14.7 Å². The zero-order valence-corrected chi connectivity index (χ0v) is 13.7. The second kappa shape index (κ2) is 7.37. The smallest absolute Gasteiger partial charge is 0.261 e. The number of fused-ring (bicyclic) bond motifs is 1. The van der Waals surface area contributed by atoms with Crippen molar-refractivity contribution in [3.63, 3.8) is 0 Å². The van der Waals surface area contributed by atoms with Crippen molar-refractivity contribution in [1.82, 2.24) is 14.9 Å². The van der Waals surface area contributed by atoms with Gasteiger partial charge in [0.1, 0.15) is 0 Å². The predicted molar refractivity (Wildman–Crippen MR) is 92.9 cm³/mol. The Labute approximate surface area is 142 Å². The SMILES string of the molecule is O=C(CCn1cnc2ccccc2c1=O)NCC(O)c1ccsc1. The minimum absolute atomic E-state index is 0.149. The van der Waals surface area contributed by atoms with E-state index >= 15 is 0 Å². The molecular formula is C17H17N3O3S. The number of hydrogen-bond acceptors (Lipinski definition) is 5. The number of carbonyl (C=O) groups is 1. The van der Waals surface area contributed by atoms with Crippen LogP contribution in [-0.2, 0) is 11.3 Å². The number of amides is 1. The van der Waals surface area contributed by atoms with Crippen molar-refractivity contribution in [3.05, 3.63) is 63.3 Å². The summed E-state index contributed by atoms with van der Waals surface area (Å²) in [6, 6.07) is 8.93. The number of carbonyl (C=O) groups excluding carboxylic acids is 1. The first kappa shape index (κ1) is 16.4. The van der Waals surface area contributed by atoms with Gasteiger partial charge in [-0.3, -0.25) is 14.2 Å². The molecular weight excluding hydrogens is 326 g/mol. The zero-order valence-electron chi connectivity index (χ0n) is 12.9. The molecule has 0 saturated carbocycles. The number of aliphatic hydroxyl groups excluding tert-OH is 1. The van der Waals surface area contributed by atoms with Gasteiger partial charge in [0, 0.05) is 19.5 Å². The Morgan fingerprint density at radius 2 is 2.17 bits per heavy atom. The van der Waals surface area contributed by atoms with Crippen LogP contribution in [0.5, 0.6) is 0 Å². The van der Waals surface area contributed by atoms with Gasteiger partial charge in [-0.25, -0.2) is 4.98 Å². The van der Waals surface area contributed by atoms with Crippen LogP contribution in [0.1, 0.15) is 18.1 Å². The molecule has 0 spiro atoms. The van der Waals surface area contributed by atoms with Crippen molar-refractivity contribution in [2.45, 2.75) is 19.1 Å². The molecule has 7 heteroatoms. The summed E-state index contributed by atoms with van der Waals surface area (Å²) in [5.74, 6) is -0.218. The van der Waals surface area contributed by atoms with Gasteiger partial charge in [0.05, 0.1) is 23.3 Å². The maximum atomic E-state index is 12.3. The highest BCUT2D eigenvalue weighted by Crippen LogP contribution is 2.15. The second-order valence-corrected chi connectivity index (χ2v) is 6.17. The molecule has 2 aromatic heterocycles. The van der Waals surface area contributed by atoms with Gasteiger partial charge in [0.25, 0.3) is 5.56 Å². The Bertz CT molecular complexity index is 889. The molecule has 6 nitrogen and oxygen atoms in total. The standard InChI is InChI=1S/C17H17N3O3S/c21-15(12-6-8-24-10-12)9-18-16(22)5-7-20-11-19-14-4-2-1-3-13(14)17(20)23/h1-4,6,8,10-11,15,21H,5,7,9H2,(H,18,22). The minimum atomic E-state index is -0.717. The number of nitrogens with one attached hydrogen (secondary N) is 1. The third kappa shape index (κ3) is 3.69. The maximum Gasteiger partial charge on any atom is 0.261 e. The van der Waals surface area contributed by atoms with E-state index in [2.05, 4.69) is 10.3 Å². The van der Waals surface area contributed by atoms with Crippen LogP contribution in [0.15, 0.2) is 52.2 Å². The molecule has 1 atom stereocenters. The van der Waals surface area contributed by atoms with Gasteiger partial charge in [-0.2, -0.15) is 11.3 Å². The molecule has 1 unspecified atom stereocenters. The quantitative estimate of drug-likeness (QED) is 0.713. The van der Waals surface area contributed by atoms with Crippen molar-refractivity contribution in [1.29, 1.82) is 0 Å². The van der Waals surface area contributed by atoms with Crippen LogP contribution < -0.4 is 10.9 Å². The second-order valence-electron chi connectivity index (χ2n) is 5.39. The number of benzene rings is 1. The van der Waals surface area contributed by atoms with Crippen LogP contribution in [0.2, 0.25) is 0 Å². The fraction of sp³-hybridized carbons (Fsp3) is 0.235. The van der Waals surface area contributed by atoms with Gasteiger partial charge in [-0.15, -0.1) is 0 Å². The van der Waals surface area contributed by atoms with Crippen molar-refractivity contribution >= 4 is 28.1 Å². The molecule has 3 aromatic rings. The van der Waals surface area contributed by atoms with Gasteiger partial charge in [-0.1, -0.05) is 12.1 Å². The minimum Gasteiger partial charge on any atom is -0.387 e. The predicted octanol–water partition coefficient (Wildman–Crippen LogP) is 1.70. The van der Waals surface area contributed by atoms with E-state index in [1.165, 1.54) is 22.2 Å². The van der Waals surface area contributed by atoms with Gasteiger partial charge in [-0.05, 0) is 34.5 Å². The van der Waals surface area contributed by atoms with Crippen LogP contribution in [0, 0.1) is 0 Å². The molecule has 0 aliphatic carbocycles. The molecule has 124 valence electrons. The Hall–Kier alpha value is -2.51. The summed E-state index contributed by atoms with van der Waals surface area (Å²) >= 11 is 1.49. The third-order valence-corrected chi connectivity index (χ3v) is 4.43. The monoisotopic (exact) mass is 343 g/mol. The lowest BCUT2D eigenvalue weighted by Gasteiger charge is -2.11. The van der Waals surface area contributed by atoms with Gasteiger partial charge >= 0.3 is 0 Å². The number of thiophene rings is 1. The van der Waals surface area contributed by atoms with E-state index in [-0.39, 0.29) is 31.0 Å². The molecule has 1 aromatic carbocycles. The van der Waals surface area contributed by atoms with Crippen molar-refractivity contribution < 1.29 is 9.90 Å². The molecule has 0 aliphatic rings. The first-order valence-electron chi connectivity index (χ1n) is 7.56. The molecule has 2 heterocycles. The summed E-state index contributed by atoms with van der Waals surface area (Å²) < 4.78 is 1.43. The first-order valence-corrected chi connectivity index (χ1v) is 8.50. The molecule has 0 radical (unpaired) electrons. The lowest BCUT2D eigenvalue weighted by molar-refractivity contribution is -0.121. The molecule has 1 amide bonds. The molecule has 2 N–H and O–H groups in total. The van der Waals surface area contributed by atoms with E-state index in [0.717, 1.165) is 5.56 Å². The van der Waals surface area contributed by atoms with Crippen LogP contribution in [0.4, 0.5) is 0 Å². The van der Waals surface area contributed by atoms with E-state index < -0.39 is 6.10 Å². The third-order valence-electron chi connectivity index (χ3n) is 3.73. The number of para-hydroxylation sites is 1. The average molecular weight is 343 g/mol. The number of hydrogen-bond donors (Lipinski definition) is 2. The largest absolute Gasteiger partial charge is 0.387 e. The Morgan fingerprint density at radius 3 is 2.96 bits per heavy atom. The average Bonchev–Trinajstić information content (AvgIpc) is 3.14. The van der Waals surface area contributed by atoms with E-state index in [1.54, 1.807) is 18.2 Å². The molecule has 0 aliphatic heterocycles. The molecule has 0 fully saturated rings. The number of rotatable bonds is 6. The van der Waals surface area contributed by atoms with Crippen LogP contribution >= 0.6 is 11.3 Å². The summed E-state index contributed by atoms with van der Waals surface area (Å²) in [7, 11) is 0. The summed E-state index contributed by atoms with van der Waals surface area (Å²) in [4.78, 5) is 28.4. The summed E-state index contributed by atoms with van der Waals surface area (Å²) in [6.07, 6.45) is 0.888. The number of nitrogens with zero attached hydrogens (tertiary/aromatic N) is 2. The van der Waals surface area contributed by atoms with Crippen LogP contribution in [0.3, 0.4) is 0 Å². The van der Waals surface area contributed by atoms with E-state index in [0.29, 0.717) is 10.9 Å². The molecule has 0 bridgehead atoms. The fourth-order valence-corrected chi connectivity index (χ4v) is 3.08. The Balaban J connectivity index is 1.56. The lowest BCUT2D eigenvalue weighted by Crippen LogP contribution is -2.30. The van der Waals surface area contributed by atoms with Crippen molar-refractivity contribution in [2.75, 3.05) is 6.54 Å².